The van der Waals surface area contributed by atoms with Gasteiger partial charge >= 0.3 is 0 Å². The first kappa shape index (κ1) is 10.1. The Bertz CT molecular complexity index is 176. The monoisotopic (exact) mass is 152 g/mol. The SMILES string of the molecule is C\C=N/C=C\C(=N/C)C(C)C. The Hall–Kier alpha value is -0.920. The van der Waals surface area contributed by atoms with E-state index in [1.807, 2.05) is 13.0 Å². The third-order valence-corrected chi connectivity index (χ3v) is 1.33. The van der Waals surface area contributed by atoms with Crippen LogP contribution < -0.4 is 0 Å². The maximum absolute atomic E-state index is 4.12. The van der Waals surface area contributed by atoms with Crippen LogP contribution in [0.3, 0.4) is 0 Å². The molecule has 0 aliphatic rings. The average molecular weight is 152 g/mol. The molecule has 0 aromatic carbocycles. The summed E-state index contributed by atoms with van der Waals surface area (Å²) in [7, 11) is 1.80. The molecule has 0 unspecified atom stereocenters. The topological polar surface area (TPSA) is 24.7 Å². The molecule has 0 saturated heterocycles. The quantitative estimate of drug-likeness (QED) is 0.554. The second-order valence-corrected chi connectivity index (χ2v) is 2.53. The summed E-state index contributed by atoms with van der Waals surface area (Å²) in [6.45, 7) is 6.12. The minimum atomic E-state index is 0.475. The van der Waals surface area contributed by atoms with Gasteiger partial charge in [-0.25, -0.2) is 0 Å². The van der Waals surface area contributed by atoms with E-state index in [1.165, 1.54) is 0 Å². The molecule has 0 rings (SSSR count). The highest BCUT2D eigenvalue weighted by molar-refractivity contribution is 5.96. The third kappa shape index (κ3) is 4.48. The average Bonchev–Trinajstić information content (AvgIpc) is 1.97. The van der Waals surface area contributed by atoms with Gasteiger partial charge in [-0.3, -0.25) is 9.98 Å². The lowest BCUT2D eigenvalue weighted by Gasteiger charge is -2.01. The van der Waals surface area contributed by atoms with Gasteiger partial charge in [0.2, 0.25) is 0 Å². The van der Waals surface area contributed by atoms with Crippen molar-refractivity contribution in [1.29, 1.82) is 0 Å². The molecule has 0 N–H and O–H groups in total. The summed E-state index contributed by atoms with van der Waals surface area (Å²) >= 11 is 0. The van der Waals surface area contributed by atoms with Crippen LogP contribution in [-0.4, -0.2) is 19.0 Å². The Labute approximate surface area is 68.8 Å². The number of hydrogen-bond acceptors (Lipinski definition) is 2. The highest BCUT2D eigenvalue weighted by atomic mass is 14.7. The molecule has 62 valence electrons. The zero-order valence-electron chi connectivity index (χ0n) is 7.70. The van der Waals surface area contributed by atoms with Crippen molar-refractivity contribution in [3.8, 4) is 0 Å². The Morgan fingerprint density at radius 2 is 2.00 bits per heavy atom. The van der Waals surface area contributed by atoms with Crippen molar-refractivity contribution in [3.63, 3.8) is 0 Å². The van der Waals surface area contributed by atoms with E-state index in [1.54, 1.807) is 19.5 Å². The van der Waals surface area contributed by atoms with Crippen molar-refractivity contribution in [1.82, 2.24) is 0 Å². The predicted molar refractivity (Wildman–Crippen MR) is 51.5 cm³/mol. The van der Waals surface area contributed by atoms with Crippen molar-refractivity contribution >= 4 is 11.9 Å². The summed E-state index contributed by atoms with van der Waals surface area (Å²) in [6, 6.07) is 0. The fourth-order valence-corrected chi connectivity index (χ4v) is 0.731. The number of aliphatic imine (C=N–C) groups is 2. The molecule has 0 amide bonds. The molecule has 0 saturated carbocycles. The zero-order valence-corrected chi connectivity index (χ0v) is 7.70. The Balaban J connectivity index is 4.10. The molecule has 0 radical (unpaired) electrons. The first-order valence-corrected chi connectivity index (χ1v) is 3.83. The molecule has 0 fully saturated rings. The molecule has 0 atom stereocenters. The molecule has 0 aromatic heterocycles. The van der Waals surface area contributed by atoms with E-state index >= 15 is 0 Å². The first-order chi connectivity index (χ1) is 5.22. The van der Waals surface area contributed by atoms with Crippen molar-refractivity contribution in [2.45, 2.75) is 20.8 Å². The fraction of sp³-hybridized carbons (Fsp3) is 0.556. The van der Waals surface area contributed by atoms with Crippen LogP contribution >= 0.6 is 0 Å². The molecular formula is C9H16N2. The molecule has 0 heterocycles. The minimum Gasteiger partial charge on any atom is -0.293 e. The van der Waals surface area contributed by atoms with Gasteiger partial charge in [-0.2, -0.15) is 0 Å². The van der Waals surface area contributed by atoms with E-state index in [9.17, 15) is 0 Å². The minimum absolute atomic E-state index is 0.475. The Kier molecular flexibility index (Phi) is 5.35. The largest absolute Gasteiger partial charge is 0.293 e. The van der Waals surface area contributed by atoms with E-state index < -0.39 is 0 Å². The van der Waals surface area contributed by atoms with Gasteiger partial charge in [0, 0.05) is 25.2 Å². The van der Waals surface area contributed by atoms with Crippen LogP contribution in [0.25, 0.3) is 0 Å². The van der Waals surface area contributed by atoms with Gasteiger partial charge in [-0.05, 0) is 18.9 Å². The summed E-state index contributed by atoms with van der Waals surface area (Å²) in [5.74, 6) is 0.475. The van der Waals surface area contributed by atoms with Gasteiger partial charge in [0.15, 0.2) is 0 Å². The Morgan fingerprint density at radius 3 is 2.36 bits per heavy atom. The standard InChI is InChI=1S/C9H16N2/c1-5-11-7-6-9(10-4)8(2)3/h5-8H,1-4H3/b7-6-,10-9+,11-5-. The van der Waals surface area contributed by atoms with Crippen molar-refractivity contribution < 1.29 is 0 Å². The van der Waals surface area contributed by atoms with Crippen LogP contribution in [0.5, 0.6) is 0 Å². The maximum Gasteiger partial charge on any atom is 0.0385 e. The second-order valence-electron chi connectivity index (χ2n) is 2.53. The number of allylic oxidation sites excluding steroid dienone is 1. The molecule has 11 heavy (non-hydrogen) atoms. The van der Waals surface area contributed by atoms with Crippen LogP contribution in [0.4, 0.5) is 0 Å². The second kappa shape index (κ2) is 5.83. The molecule has 0 spiro atoms. The summed E-state index contributed by atoms with van der Waals surface area (Å²) in [5, 5.41) is 0. The molecule has 2 nitrogen and oxygen atoms in total. The maximum atomic E-state index is 4.12. The van der Waals surface area contributed by atoms with E-state index in [-0.39, 0.29) is 0 Å². The van der Waals surface area contributed by atoms with Crippen molar-refractivity contribution in [3.05, 3.63) is 12.3 Å². The van der Waals surface area contributed by atoms with Crippen LogP contribution in [0, 0.1) is 5.92 Å². The third-order valence-electron chi connectivity index (χ3n) is 1.33. The van der Waals surface area contributed by atoms with E-state index in [4.69, 9.17) is 0 Å². The van der Waals surface area contributed by atoms with Gasteiger partial charge in [0.25, 0.3) is 0 Å². The summed E-state index contributed by atoms with van der Waals surface area (Å²) in [4.78, 5) is 8.07. The van der Waals surface area contributed by atoms with Crippen LogP contribution in [0.2, 0.25) is 0 Å². The zero-order chi connectivity index (χ0) is 8.69. The summed E-state index contributed by atoms with van der Waals surface area (Å²) in [6.07, 6.45) is 5.46. The lowest BCUT2D eigenvalue weighted by molar-refractivity contribution is 0.886. The smallest absolute Gasteiger partial charge is 0.0385 e. The molecular weight excluding hydrogens is 136 g/mol. The van der Waals surface area contributed by atoms with Crippen LogP contribution in [-0.2, 0) is 0 Å². The van der Waals surface area contributed by atoms with E-state index in [0.717, 1.165) is 5.71 Å². The summed E-state index contributed by atoms with van der Waals surface area (Å²) in [5.41, 5.74) is 1.08. The van der Waals surface area contributed by atoms with E-state index in [2.05, 4.69) is 23.8 Å². The normalized spacial score (nSPS) is 14.1. The lowest BCUT2D eigenvalue weighted by Crippen LogP contribution is -2.02. The molecule has 2 heteroatoms. The summed E-state index contributed by atoms with van der Waals surface area (Å²) < 4.78 is 0. The van der Waals surface area contributed by atoms with E-state index in [0.29, 0.717) is 5.92 Å². The van der Waals surface area contributed by atoms with Gasteiger partial charge in [-0.15, -0.1) is 0 Å². The lowest BCUT2D eigenvalue weighted by atomic mass is 10.1. The van der Waals surface area contributed by atoms with Gasteiger partial charge < -0.3 is 0 Å². The Morgan fingerprint density at radius 1 is 1.36 bits per heavy atom. The number of rotatable bonds is 3. The van der Waals surface area contributed by atoms with Gasteiger partial charge in [0.05, 0.1) is 0 Å². The van der Waals surface area contributed by atoms with Gasteiger partial charge in [-0.1, -0.05) is 13.8 Å². The molecule has 0 aliphatic carbocycles. The fourth-order valence-electron chi connectivity index (χ4n) is 0.731. The first-order valence-electron chi connectivity index (χ1n) is 3.83. The van der Waals surface area contributed by atoms with Crippen molar-refractivity contribution in [2.24, 2.45) is 15.9 Å². The molecule has 0 aromatic rings. The predicted octanol–water partition coefficient (Wildman–Crippen LogP) is 2.32. The highest BCUT2D eigenvalue weighted by Crippen LogP contribution is 1.97. The van der Waals surface area contributed by atoms with Crippen LogP contribution in [0.15, 0.2) is 22.3 Å². The molecule has 0 bridgehead atoms. The number of nitrogens with zero attached hydrogens (tertiary/aromatic N) is 2. The highest BCUT2D eigenvalue weighted by Gasteiger charge is 1.97. The van der Waals surface area contributed by atoms with Crippen LogP contribution in [0.1, 0.15) is 20.8 Å². The van der Waals surface area contributed by atoms with Crippen molar-refractivity contribution in [2.75, 3.05) is 7.05 Å². The molecule has 0 aliphatic heterocycles. The van der Waals surface area contributed by atoms with Gasteiger partial charge in [0.1, 0.15) is 0 Å². The number of hydrogen-bond donors (Lipinski definition) is 0.